The van der Waals surface area contributed by atoms with Crippen molar-refractivity contribution in [3.05, 3.63) is 0 Å². The Hall–Kier alpha value is -0.0800. The molecule has 2 N–H and O–H groups in total. The lowest BCUT2D eigenvalue weighted by Crippen LogP contribution is -2.48. The van der Waals surface area contributed by atoms with Crippen molar-refractivity contribution in [2.45, 2.75) is 45.6 Å². The van der Waals surface area contributed by atoms with Crippen LogP contribution in [-0.4, -0.2) is 74.7 Å². The molecule has 0 aliphatic carbocycles. The number of hydrogen-bond acceptors (Lipinski definition) is 3. The highest BCUT2D eigenvalue weighted by atomic mass is 127. The molecule has 1 unspecified atom stereocenters. The van der Waals surface area contributed by atoms with Crippen LogP contribution in [-0.2, 0) is 0 Å². The summed E-state index contributed by atoms with van der Waals surface area (Å²) in [5, 5.41) is 7.07. The molecule has 5 nitrogen and oxygen atoms in total. The lowest BCUT2D eigenvalue weighted by atomic mass is 10.1. The van der Waals surface area contributed by atoms with E-state index in [2.05, 4.69) is 41.3 Å². The van der Waals surface area contributed by atoms with Gasteiger partial charge in [-0.2, -0.15) is 0 Å². The number of nitrogens with zero attached hydrogens (tertiary/aromatic N) is 3. The molecule has 23 heavy (non-hydrogen) atoms. The van der Waals surface area contributed by atoms with Crippen molar-refractivity contribution >= 4 is 29.9 Å². The number of piperidine rings is 1. The van der Waals surface area contributed by atoms with Gasteiger partial charge in [-0.15, -0.1) is 24.0 Å². The molecule has 0 aromatic rings. The molecule has 0 saturated carbocycles. The number of halogens is 1. The molecule has 2 aliphatic heterocycles. The third-order valence-electron chi connectivity index (χ3n) is 4.81. The molecular formula is C17H36IN5. The van der Waals surface area contributed by atoms with Crippen LogP contribution in [0, 0.1) is 5.92 Å². The molecule has 2 aliphatic rings. The first-order valence-electron chi connectivity index (χ1n) is 9.17. The van der Waals surface area contributed by atoms with Crippen LogP contribution in [0.2, 0.25) is 0 Å². The number of aliphatic imine (C=N–C) groups is 1. The normalized spacial score (nSPS) is 24.5. The van der Waals surface area contributed by atoms with Gasteiger partial charge in [-0.1, -0.05) is 6.92 Å². The second-order valence-corrected chi connectivity index (χ2v) is 6.90. The maximum Gasteiger partial charge on any atom is 0.191 e. The molecule has 2 rings (SSSR count). The van der Waals surface area contributed by atoms with Crippen molar-refractivity contribution < 1.29 is 0 Å². The van der Waals surface area contributed by atoms with Gasteiger partial charge >= 0.3 is 0 Å². The van der Waals surface area contributed by atoms with Gasteiger partial charge in [0.15, 0.2) is 5.96 Å². The second-order valence-electron chi connectivity index (χ2n) is 6.90. The minimum Gasteiger partial charge on any atom is -0.357 e. The summed E-state index contributed by atoms with van der Waals surface area (Å²) in [6, 6.07) is 0.581. The van der Waals surface area contributed by atoms with Gasteiger partial charge in [-0.3, -0.25) is 4.99 Å². The average molecular weight is 437 g/mol. The van der Waals surface area contributed by atoms with E-state index in [0.29, 0.717) is 6.04 Å². The third kappa shape index (κ3) is 7.56. The molecule has 2 saturated heterocycles. The highest BCUT2D eigenvalue weighted by Gasteiger charge is 2.21. The zero-order valence-corrected chi connectivity index (χ0v) is 17.5. The molecule has 136 valence electrons. The molecule has 0 bridgehead atoms. The van der Waals surface area contributed by atoms with E-state index in [-0.39, 0.29) is 24.0 Å². The Bertz CT molecular complexity index is 342. The van der Waals surface area contributed by atoms with Gasteiger partial charge in [0.2, 0.25) is 0 Å². The van der Waals surface area contributed by atoms with E-state index < -0.39 is 0 Å². The van der Waals surface area contributed by atoms with Gasteiger partial charge in [-0.05, 0) is 58.7 Å². The van der Waals surface area contributed by atoms with E-state index in [1.54, 1.807) is 0 Å². The Morgan fingerprint density at radius 3 is 2.43 bits per heavy atom. The van der Waals surface area contributed by atoms with Gasteiger partial charge in [0.25, 0.3) is 0 Å². The van der Waals surface area contributed by atoms with Crippen LogP contribution in [0.5, 0.6) is 0 Å². The van der Waals surface area contributed by atoms with Crippen LogP contribution in [0.4, 0.5) is 0 Å². The van der Waals surface area contributed by atoms with Crippen LogP contribution < -0.4 is 10.6 Å². The average Bonchev–Trinajstić information content (AvgIpc) is 2.93. The Labute approximate surface area is 159 Å². The molecule has 0 spiro atoms. The minimum absolute atomic E-state index is 0. The third-order valence-corrected chi connectivity index (χ3v) is 4.81. The van der Waals surface area contributed by atoms with Crippen molar-refractivity contribution in [3.63, 3.8) is 0 Å². The molecule has 2 fully saturated rings. The summed E-state index contributed by atoms with van der Waals surface area (Å²) in [5.74, 6) is 1.75. The molecule has 6 heteroatoms. The smallest absolute Gasteiger partial charge is 0.191 e. The summed E-state index contributed by atoms with van der Waals surface area (Å²) in [6.45, 7) is 12.4. The fraction of sp³-hybridized carbons (Fsp3) is 0.941. The largest absolute Gasteiger partial charge is 0.357 e. The van der Waals surface area contributed by atoms with Gasteiger partial charge < -0.3 is 20.4 Å². The van der Waals surface area contributed by atoms with E-state index in [9.17, 15) is 0 Å². The predicted molar refractivity (Wildman–Crippen MR) is 110 cm³/mol. The summed E-state index contributed by atoms with van der Waals surface area (Å²) in [4.78, 5) is 9.82. The fourth-order valence-corrected chi connectivity index (χ4v) is 3.53. The van der Waals surface area contributed by atoms with Gasteiger partial charge in [0.05, 0.1) is 0 Å². The zero-order valence-electron chi connectivity index (χ0n) is 15.2. The fourth-order valence-electron chi connectivity index (χ4n) is 3.53. The summed E-state index contributed by atoms with van der Waals surface area (Å²) in [6.07, 6.45) is 5.01. The summed E-state index contributed by atoms with van der Waals surface area (Å²) >= 11 is 0. The van der Waals surface area contributed by atoms with Gasteiger partial charge in [-0.25, -0.2) is 0 Å². The summed E-state index contributed by atoms with van der Waals surface area (Å²) in [7, 11) is 2.21. The Morgan fingerprint density at radius 2 is 1.87 bits per heavy atom. The van der Waals surface area contributed by atoms with E-state index in [0.717, 1.165) is 25.0 Å². The number of guanidine groups is 1. The van der Waals surface area contributed by atoms with Crippen LogP contribution >= 0.6 is 24.0 Å². The SMILES string of the molecule is CCCN1CCC(NC(=NCC2CCN(C)C2)NCC)CC1.I. The Kier molecular flexibility index (Phi) is 10.5. The number of nitrogens with one attached hydrogen (secondary N) is 2. The summed E-state index contributed by atoms with van der Waals surface area (Å²) < 4.78 is 0. The van der Waals surface area contributed by atoms with Crippen LogP contribution in [0.15, 0.2) is 4.99 Å². The molecule has 0 radical (unpaired) electrons. The number of hydrogen-bond donors (Lipinski definition) is 2. The van der Waals surface area contributed by atoms with E-state index in [1.165, 1.54) is 58.4 Å². The topological polar surface area (TPSA) is 42.9 Å². The lowest BCUT2D eigenvalue weighted by molar-refractivity contribution is 0.206. The highest BCUT2D eigenvalue weighted by Crippen LogP contribution is 2.14. The first kappa shape index (κ1) is 21.0. The molecule has 0 aromatic heterocycles. The standard InChI is InChI=1S/C17H35N5.HI/c1-4-9-22-11-7-16(8-12-22)20-17(18-5-2)19-13-15-6-10-21(3)14-15;/h15-16H,4-14H2,1-3H3,(H2,18,19,20);1H. The molecule has 2 heterocycles. The highest BCUT2D eigenvalue weighted by molar-refractivity contribution is 14.0. The second kappa shape index (κ2) is 11.5. The van der Waals surface area contributed by atoms with Crippen LogP contribution in [0.25, 0.3) is 0 Å². The molecular weight excluding hydrogens is 401 g/mol. The quantitative estimate of drug-likeness (QED) is 0.379. The van der Waals surface area contributed by atoms with Gasteiger partial charge in [0.1, 0.15) is 0 Å². The lowest BCUT2D eigenvalue weighted by Gasteiger charge is -2.32. The maximum absolute atomic E-state index is 4.83. The van der Waals surface area contributed by atoms with Crippen LogP contribution in [0.1, 0.15) is 39.5 Å². The predicted octanol–water partition coefficient (Wildman–Crippen LogP) is 1.99. The Balaban J connectivity index is 0.00000264. The number of likely N-dealkylation sites (tertiary alicyclic amines) is 2. The molecule has 0 amide bonds. The van der Waals surface area contributed by atoms with Gasteiger partial charge in [0, 0.05) is 38.8 Å². The van der Waals surface area contributed by atoms with Crippen molar-refractivity contribution in [1.82, 2.24) is 20.4 Å². The zero-order chi connectivity index (χ0) is 15.8. The van der Waals surface area contributed by atoms with Crippen molar-refractivity contribution in [2.24, 2.45) is 10.9 Å². The van der Waals surface area contributed by atoms with Crippen molar-refractivity contribution in [1.29, 1.82) is 0 Å². The molecule has 0 aromatic carbocycles. The van der Waals surface area contributed by atoms with Crippen molar-refractivity contribution in [3.8, 4) is 0 Å². The van der Waals surface area contributed by atoms with E-state index in [4.69, 9.17) is 4.99 Å². The van der Waals surface area contributed by atoms with Crippen molar-refractivity contribution in [2.75, 3.05) is 52.9 Å². The monoisotopic (exact) mass is 437 g/mol. The first-order chi connectivity index (χ1) is 10.7. The summed E-state index contributed by atoms with van der Waals surface area (Å²) in [5.41, 5.74) is 0. The maximum atomic E-state index is 4.83. The Morgan fingerprint density at radius 1 is 1.13 bits per heavy atom. The van der Waals surface area contributed by atoms with Crippen LogP contribution in [0.3, 0.4) is 0 Å². The molecule has 1 atom stereocenters. The van der Waals surface area contributed by atoms with E-state index in [1.807, 2.05) is 0 Å². The number of rotatable bonds is 6. The van der Waals surface area contributed by atoms with E-state index >= 15 is 0 Å². The minimum atomic E-state index is 0. The first-order valence-corrected chi connectivity index (χ1v) is 9.17.